The van der Waals surface area contributed by atoms with E-state index in [9.17, 15) is 9.00 Å². The first kappa shape index (κ1) is 12.2. The van der Waals surface area contributed by atoms with Gasteiger partial charge in [-0.1, -0.05) is 30.1 Å². The molecule has 0 radical (unpaired) electrons. The van der Waals surface area contributed by atoms with Crippen molar-refractivity contribution in [3.63, 3.8) is 0 Å². The van der Waals surface area contributed by atoms with Gasteiger partial charge in [0.05, 0.1) is 10.1 Å². The van der Waals surface area contributed by atoms with Crippen molar-refractivity contribution < 1.29 is 9.00 Å². The van der Waals surface area contributed by atoms with Gasteiger partial charge in [0.2, 0.25) is 0 Å². The van der Waals surface area contributed by atoms with Crippen LogP contribution in [-0.2, 0) is 10.8 Å². The Labute approximate surface area is 98.7 Å². The molecule has 0 saturated carbocycles. The largest absolute Gasteiger partial charge is 0.293 e. The molecule has 0 saturated heterocycles. The summed E-state index contributed by atoms with van der Waals surface area (Å²) in [5.41, 5.74) is 0.378. The number of halogens is 2. The van der Waals surface area contributed by atoms with Crippen LogP contribution in [0.15, 0.2) is 6.07 Å². The Morgan fingerprint density at radius 1 is 1.57 bits per heavy atom. The molecule has 0 aliphatic rings. The maximum absolute atomic E-state index is 11.5. The second-order valence-corrected chi connectivity index (χ2v) is 6.57. The first-order chi connectivity index (χ1) is 6.54. The quantitative estimate of drug-likeness (QED) is 0.789. The molecule has 1 heterocycles. The third-order valence-corrected chi connectivity index (χ3v) is 4.29. The van der Waals surface area contributed by atoms with Gasteiger partial charge < -0.3 is 0 Å². The molecule has 0 bridgehead atoms. The predicted molar refractivity (Wildman–Crippen MR) is 62.2 cm³/mol. The lowest BCUT2D eigenvalue weighted by molar-refractivity contribution is 0.102. The van der Waals surface area contributed by atoms with Crippen molar-refractivity contribution in [2.75, 3.05) is 11.5 Å². The first-order valence-electron chi connectivity index (χ1n) is 3.87. The summed E-state index contributed by atoms with van der Waals surface area (Å²) in [6.07, 6.45) is 0. The summed E-state index contributed by atoms with van der Waals surface area (Å²) in [5, 5.41) is 0. The summed E-state index contributed by atoms with van der Waals surface area (Å²) >= 11 is 12.6. The van der Waals surface area contributed by atoms with Crippen LogP contribution in [0.4, 0.5) is 0 Å². The van der Waals surface area contributed by atoms with E-state index in [0.717, 1.165) is 11.3 Å². The Morgan fingerprint density at radius 3 is 2.64 bits per heavy atom. The first-order valence-corrected chi connectivity index (χ1v) is 6.93. The van der Waals surface area contributed by atoms with E-state index in [1.54, 1.807) is 6.92 Å². The van der Waals surface area contributed by atoms with Crippen molar-refractivity contribution in [2.45, 2.75) is 6.92 Å². The third-order valence-electron chi connectivity index (χ3n) is 1.57. The zero-order chi connectivity index (χ0) is 10.7. The Balaban J connectivity index is 2.79. The molecule has 0 aliphatic heterocycles. The van der Waals surface area contributed by atoms with Crippen molar-refractivity contribution in [1.82, 2.24) is 0 Å². The van der Waals surface area contributed by atoms with Gasteiger partial charge in [0.1, 0.15) is 4.34 Å². The highest BCUT2D eigenvalue weighted by atomic mass is 35.5. The molecule has 78 valence electrons. The fourth-order valence-corrected chi connectivity index (χ4v) is 3.01. The van der Waals surface area contributed by atoms with Gasteiger partial charge >= 0.3 is 0 Å². The van der Waals surface area contributed by atoms with Crippen molar-refractivity contribution in [2.24, 2.45) is 0 Å². The van der Waals surface area contributed by atoms with Gasteiger partial charge in [-0.05, 0) is 6.07 Å². The number of ketones is 1. The monoisotopic (exact) mass is 270 g/mol. The minimum atomic E-state index is -1.10. The molecule has 0 N–H and O–H groups in total. The zero-order valence-corrected chi connectivity index (χ0v) is 10.5. The molecular formula is C8H8Cl2O2S2. The summed E-state index contributed by atoms with van der Waals surface area (Å²) in [5.74, 6) is 0.281. The van der Waals surface area contributed by atoms with Gasteiger partial charge in [-0.15, -0.1) is 11.3 Å². The molecule has 0 spiro atoms. The van der Waals surface area contributed by atoms with Crippen LogP contribution >= 0.6 is 34.5 Å². The van der Waals surface area contributed by atoms with Crippen molar-refractivity contribution in [3.8, 4) is 0 Å². The Kier molecular flexibility index (Phi) is 4.57. The van der Waals surface area contributed by atoms with Crippen LogP contribution in [-0.4, -0.2) is 21.5 Å². The number of hydrogen-bond acceptors (Lipinski definition) is 3. The normalized spacial score (nSPS) is 12.8. The molecule has 0 aliphatic carbocycles. The van der Waals surface area contributed by atoms with Crippen LogP contribution in [0, 0.1) is 0 Å². The topological polar surface area (TPSA) is 34.1 Å². The SMILES string of the molecule is CCS(=O)CC(=O)c1cc(Cl)sc1Cl. The Morgan fingerprint density at radius 2 is 2.21 bits per heavy atom. The number of Topliss-reactive ketones (excluding diaryl/α,β-unsaturated/α-hetero) is 1. The molecule has 2 nitrogen and oxygen atoms in total. The molecule has 0 fully saturated rings. The van der Waals surface area contributed by atoms with Crippen molar-refractivity contribution in [1.29, 1.82) is 0 Å². The molecule has 1 rings (SSSR count). The maximum Gasteiger partial charge on any atom is 0.177 e. The molecule has 6 heteroatoms. The van der Waals surface area contributed by atoms with E-state index in [0.29, 0.717) is 20.0 Å². The molecule has 1 atom stereocenters. The highest BCUT2D eigenvalue weighted by molar-refractivity contribution is 7.85. The van der Waals surface area contributed by atoms with Crippen LogP contribution in [0.2, 0.25) is 8.67 Å². The standard InChI is InChI=1S/C8H8Cl2O2S2/c1-2-14(12)4-6(11)5-3-7(9)13-8(5)10/h3H,2,4H2,1H3. The number of hydrogen-bond donors (Lipinski definition) is 0. The van der Waals surface area contributed by atoms with Gasteiger partial charge in [0.15, 0.2) is 5.78 Å². The van der Waals surface area contributed by atoms with Gasteiger partial charge in [0, 0.05) is 22.1 Å². The summed E-state index contributed by atoms with van der Waals surface area (Å²) in [6, 6.07) is 1.52. The number of rotatable bonds is 4. The van der Waals surface area contributed by atoms with Crippen LogP contribution in [0.3, 0.4) is 0 Å². The van der Waals surface area contributed by atoms with Crippen LogP contribution in [0.1, 0.15) is 17.3 Å². The minimum Gasteiger partial charge on any atom is -0.293 e. The fourth-order valence-electron chi connectivity index (χ4n) is 0.856. The van der Waals surface area contributed by atoms with E-state index >= 15 is 0 Å². The second kappa shape index (κ2) is 5.26. The summed E-state index contributed by atoms with van der Waals surface area (Å²) < 4.78 is 12.0. The van der Waals surface area contributed by atoms with Gasteiger partial charge in [-0.25, -0.2) is 0 Å². The smallest absolute Gasteiger partial charge is 0.177 e. The number of thiophene rings is 1. The van der Waals surface area contributed by atoms with E-state index in [4.69, 9.17) is 23.2 Å². The van der Waals surface area contributed by atoms with Gasteiger partial charge in [-0.3, -0.25) is 9.00 Å². The van der Waals surface area contributed by atoms with Crippen molar-refractivity contribution in [3.05, 3.63) is 20.3 Å². The molecule has 0 aromatic carbocycles. The van der Waals surface area contributed by atoms with Gasteiger partial charge in [-0.2, -0.15) is 0 Å². The third kappa shape index (κ3) is 3.05. The number of carbonyl (C=O) groups is 1. The zero-order valence-electron chi connectivity index (χ0n) is 7.38. The minimum absolute atomic E-state index is 0.0171. The van der Waals surface area contributed by atoms with E-state index in [1.807, 2.05) is 0 Å². The molecule has 0 amide bonds. The second-order valence-electron chi connectivity index (χ2n) is 2.53. The molecule has 14 heavy (non-hydrogen) atoms. The lowest BCUT2D eigenvalue weighted by atomic mass is 10.2. The lowest BCUT2D eigenvalue weighted by Crippen LogP contribution is -2.11. The van der Waals surface area contributed by atoms with Crippen LogP contribution < -0.4 is 0 Å². The summed E-state index contributed by atoms with van der Waals surface area (Å²) in [7, 11) is -1.10. The van der Waals surface area contributed by atoms with Gasteiger partial charge in [0.25, 0.3) is 0 Å². The maximum atomic E-state index is 11.5. The highest BCUT2D eigenvalue weighted by Gasteiger charge is 2.15. The molecule has 1 unspecified atom stereocenters. The fraction of sp³-hybridized carbons (Fsp3) is 0.375. The van der Waals surface area contributed by atoms with E-state index in [1.165, 1.54) is 6.07 Å². The summed E-state index contributed by atoms with van der Waals surface area (Å²) in [6.45, 7) is 1.77. The van der Waals surface area contributed by atoms with Crippen molar-refractivity contribution >= 4 is 51.1 Å². The molecular weight excluding hydrogens is 263 g/mol. The summed E-state index contributed by atoms with van der Waals surface area (Å²) in [4.78, 5) is 11.5. The highest BCUT2D eigenvalue weighted by Crippen LogP contribution is 2.31. The lowest BCUT2D eigenvalue weighted by Gasteiger charge is -1.96. The Hall–Kier alpha value is 0.1000. The number of carbonyl (C=O) groups excluding carboxylic acids is 1. The van der Waals surface area contributed by atoms with Crippen LogP contribution in [0.5, 0.6) is 0 Å². The average Bonchev–Trinajstić information content (AvgIpc) is 2.45. The molecule has 1 aromatic rings. The van der Waals surface area contributed by atoms with E-state index in [2.05, 4.69) is 0 Å². The average molecular weight is 271 g/mol. The van der Waals surface area contributed by atoms with Crippen LogP contribution in [0.25, 0.3) is 0 Å². The molecule has 1 aromatic heterocycles. The van der Waals surface area contributed by atoms with E-state index < -0.39 is 10.8 Å². The Bertz CT molecular complexity index is 373. The predicted octanol–water partition coefficient (Wildman–Crippen LogP) is 3.01. The van der Waals surface area contributed by atoms with E-state index in [-0.39, 0.29) is 11.5 Å².